The second kappa shape index (κ2) is 7.81. The molecule has 0 aliphatic carbocycles. The summed E-state index contributed by atoms with van der Waals surface area (Å²) < 4.78 is 5.48. The van der Waals surface area contributed by atoms with Crippen molar-refractivity contribution >= 4 is 0 Å². The third kappa shape index (κ3) is 4.45. The molecule has 3 heteroatoms. The molecule has 1 atom stereocenters. The summed E-state index contributed by atoms with van der Waals surface area (Å²) in [5.74, 6) is 0.876. The van der Waals surface area contributed by atoms with Crippen LogP contribution >= 0.6 is 0 Å². The maximum absolute atomic E-state index is 11.0. The zero-order valence-electron chi connectivity index (χ0n) is 13.5. The molecule has 1 fully saturated rings. The van der Waals surface area contributed by atoms with Crippen molar-refractivity contribution in [2.24, 2.45) is 0 Å². The number of piperidine rings is 1. The van der Waals surface area contributed by atoms with Crippen LogP contribution in [-0.2, 0) is 5.60 Å². The van der Waals surface area contributed by atoms with Gasteiger partial charge < -0.3 is 14.7 Å². The second-order valence-electron chi connectivity index (χ2n) is 6.15. The van der Waals surface area contributed by atoms with Gasteiger partial charge >= 0.3 is 0 Å². The van der Waals surface area contributed by atoms with E-state index >= 15 is 0 Å². The van der Waals surface area contributed by atoms with Gasteiger partial charge in [-0.25, -0.2) is 0 Å². The van der Waals surface area contributed by atoms with E-state index in [0.29, 0.717) is 6.61 Å². The normalized spacial score (nSPS) is 19.2. The zero-order chi connectivity index (χ0) is 15.1. The molecule has 1 aromatic rings. The van der Waals surface area contributed by atoms with E-state index in [9.17, 15) is 5.11 Å². The Morgan fingerprint density at radius 1 is 1.10 bits per heavy atom. The van der Waals surface area contributed by atoms with Gasteiger partial charge in [0.05, 0.1) is 31.8 Å². The molecule has 1 heterocycles. The molecule has 0 aromatic heterocycles. The van der Waals surface area contributed by atoms with Crippen LogP contribution in [0.4, 0.5) is 0 Å². The number of hydrogen-bond acceptors (Lipinski definition) is 2. The Kier molecular flexibility index (Phi) is 6.07. The van der Waals surface area contributed by atoms with E-state index in [-0.39, 0.29) is 0 Å². The molecule has 21 heavy (non-hydrogen) atoms. The van der Waals surface area contributed by atoms with Crippen molar-refractivity contribution in [3.05, 3.63) is 29.8 Å². The molecule has 0 bridgehead atoms. The van der Waals surface area contributed by atoms with E-state index < -0.39 is 5.60 Å². The van der Waals surface area contributed by atoms with E-state index in [2.05, 4.69) is 6.92 Å². The van der Waals surface area contributed by atoms with Crippen molar-refractivity contribution in [1.29, 1.82) is 0 Å². The van der Waals surface area contributed by atoms with Gasteiger partial charge in [-0.3, -0.25) is 0 Å². The van der Waals surface area contributed by atoms with Gasteiger partial charge in [-0.05, 0) is 50.3 Å². The first-order chi connectivity index (χ1) is 10.2. The fourth-order valence-corrected chi connectivity index (χ4v) is 3.24. The molecular formula is C18H30NO2+. The van der Waals surface area contributed by atoms with Gasteiger partial charge in [-0.1, -0.05) is 19.1 Å². The van der Waals surface area contributed by atoms with Gasteiger partial charge in [0.15, 0.2) is 0 Å². The second-order valence-corrected chi connectivity index (χ2v) is 6.15. The lowest BCUT2D eigenvalue weighted by atomic mass is 9.87. The van der Waals surface area contributed by atoms with E-state index in [4.69, 9.17) is 4.74 Å². The third-order valence-corrected chi connectivity index (χ3v) is 4.74. The number of likely N-dealkylation sites (tertiary alicyclic amines) is 1. The van der Waals surface area contributed by atoms with E-state index in [1.54, 1.807) is 4.90 Å². The topological polar surface area (TPSA) is 33.9 Å². The summed E-state index contributed by atoms with van der Waals surface area (Å²) in [7, 11) is 0. The highest BCUT2D eigenvalue weighted by molar-refractivity contribution is 5.30. The highest BCUT2D eigenvalue weighted by Gasteiger charge is 2.29. The highest BCUT2D eigenvalue weighted by Crippen LogP contribution is 2.29. The summed E-state index contributed by atoms with van der Waals surface area (Å²) in [6.45, 7) is 8.33. The molecule has 0 unspecified atom stereocenters. The molecule has 0 saturated carbocycles. The Morgan fingerprint density at radius 2 is 1.76 bits per heavy atom. The molecule has 1 aliphatic heterocycles. The summed E-state index contributed by atoms with van der Waals surface area (Å²) >= 11 is 0. The van der Waals surface area contributed by atoms with Gasteiger partial charge in [-0.15, -0.1) is 0 Å². The van der Waals surface area contributed by atoms with Crippen LogP contribution in [0.2, 0.25) is 0 Å². The predicted molar refractivity (Wildman–Crippen MR) is 85.8 cm³/mol. The van der Waals surface area contributed by atoms with Crippen LogP contribution in [0.25, 0.3) is 0 Å². The number of quaternary nitrogens is 1. The lowest BCUT2D eigenvalue weighted by molar-refractivity contribution is -0.905. The molecule has 1 aromatic carbocycles. The smallest absolute Gasteiger partial charge is 0.119 e. The Balaban J connectivity index is 1.97. The van der Waals surface area contributed by atoms with Crippen LogP contribution in [0.5, 0.6) is 5.75 Å². The standard InChI is InChI=1S/C18H29NO2/c1-3-18(20,12-15-19-13-6-5-7-14-19)16-8-10-17(11-9-16)21-4-2/h8-11,20H,3-7,12-15H2,1-2H3/p+1/t18-/m0/s1. The van der Waals surface area contributed by atoms with E-state index in [1.165, 1.54) is 32.4 Å². The largest absolute Gasteiger partial charge is 0.494 e. The van der Waals surface area contributed by atoms with Gasteiger partial charge in [0, 0.05) is 6.42 Å². The van der Waals surface area contributed by atoms with E-state index in [0.717, 1.165) is 30.7 Å². The average Bonchev–Trinajstić information content (AvgIpc) is 2.54. The summed E-state index contributed by atoms with van der Waals surface area (Å²) in [5, 5.41) is 11.0. The molecule has 1 aliphatic rings. The Labute approximate surface area is 128 Å². The van der Waals surface area contributed by atoms with Crippen molar-refractivity contribution in [2.75, 3.05) is 26.2 Å². The lowest BCUT2D eigenvalue weighted by Crippen LogP contribution is -3.13. The zero-order valence-corrected chi connectivity index (χ0v) is 13.5. The van der Waals surface area contributed by atoms with Crippen LogP contribution in [0.3, 0.4) is 0 Å². The number of hydrogen-bond donors (Lipinski definition) is 2. The molecule has 1 saturated heterocycles. The quantitative estimate of drug-likeness (QED) is 0.807. The number of rotatable bonds is 7. The minimum absolute atomic E-state index is 0.676. The fraction of sp³-hybridized carbons (Fsp3) is 0.667. The lowest BCUT2D eigenvalue weighted by Gasteiger charge is -2.31. The van der Waals surface area contributed by atoms with Crippen LogP contribution in [-0.4, -0.2) is 31.3 Å². The number of nitrogens with one attached hydrogen (secondary N) is 1. The number of aliphatic hydroxyl groups is 1. The Hall–Kier alpha value is -1.06. The van der Waals surface area contributed by atoms with Gasteiger partial charge in [0.1, 0.15) is 5.75 Å². The maximum atomic E-state index is 11.0. The number of ether oxygens (including phenoxy) is 1. The molecule has 2 rings (SSSR count). The van der Waals surface area contributed by atoms with Crippen LogP contribution in [0, 0.1) is 0 Å². The first kappa shape index (κ1) is 16.3. The Morgan fingerprint density at radius 3 is 2.33 bits per heavy atom. The molecule has 0 spiro atoms. The molecular weight excluding hydrogens is 262 g/mol. The highest BCUT2D eigenvalue weighted by atomic mass is 16.5. The molecule has 118 valence electrons. The van der Waals surface area contributed by atoms with Crippen molar-refractivity contribution in [1.82, 2.24) is 0 Å². The van der Waals surface area contributed by atoms with Crippen LogP contribution in [0.15, 0.2) is 24.3 Å². The van der Waals surface area contributed by atoms with Gasteiger partial charge in [-0.2, -0.15) is 0 Å². The van der Waals surface area contributed by atoms with E-state index in [1.807, 2.05) is 31.2 Å². The van der Waals surface area contributed by atoms with Crippen LogP contribution < -0.4 is 9.64 Å². The van der Waals surface area contributed by atoms with Crippen molar-refractivity contribution in [3.8, 4) is 5.75 Å². The SMILES string of the molecule is CCOc1ccc([C@](O)(CC)CC[NH+]2CCCCC2)cc1. The first-order valence-electron chi connectivity index (χ1n) is 8.47. The van der Waals surface area contributed by atoms with Crippen molar-refractivity contribution in [2.45, 2.75) is 51.6 Å². The minimum atomic E-state index is -0.699. The Bertz CT molecular complexity index is 412. The molecule has 3 nitrogen and oxygen atoms in total. The van der Waals surface area contributed by atoms with Crippen molar-refractivity contribution in [3.63, 3.8) is 0 Å². The molecule has 0 amide bonds. The summed E-state index contributed by atoms with van der Waals surface area (Å²) in [6.07, 6.45) is 5.65. The third-order valence-electron chi connectivity index (χ3n) is 4.74. The summed E-state index contributed by atoms with van der Waals surface area (Å²) in [5.41, 5.74) is 0.319. The number of benzene rings is 1. The molecule has 2 N–H and O–H groups in total. The van der Waals surface area contributed by atoms with Gasteiger partial charge in [0.2, 0.25) is 0 Å². The van der Waals surface area contributed by atoms with Crippen molar-refractivity contribution < 1.29 is 14.7 Å². The fourth-order valence-electron chi connectivity index (χ4n) is 3.24. The summed E-state index contributed by atoms with van der Waals surface area (Å²) in [6, 6.07) is 7.96. The first-order valence-corrected chi connectivity index (χ1v) is 8.47. The maximum Gasteiger partial charge on any atom is 0.119 e. The monoisotopic (exact) mass is 292 g/mol. The minimum Gasteiger partial charge on any atom is -0.494 e. The average molecular weight is 292 g/mol. The van der Waals surface area contributed by atoms with Crippen LogP contribution in [0.1, 0.15) is 51.5 Å². The predicted octanol–water partition coefficient (Wildman–Crippen LogP) is 2.14. The summed E-state index contributed by atoms with van der Waals surface area (Å²) in [4.78, 5) is 1.65. The van der Waals surface area contributed by atoms with Gasteiger partial charge in [0.25, 0.3) is 0 Å². The molecule has 0 radical (unpaired) electrons.